The van der Waals surface area contributed by atoms with Crippen LogP contribution in [0.5, 0.6) is 5.75 Å². The predicted octanol–water partition coefficient (Wildman–Crippen LogP) is 6.47. The molecule has 0 spiro atoms. The van der Waals surface area contributed by atoms with E-state index in [0.717, 1.165) is 54.2 Å². The molecule has 18 heteroatoms. The normalized spacial score (nSPS) is 17.4. The first-order valence-electron chi connectivity index (χ1n) is 19.9. The Morgan fingerprint density at radius 2 is 1.72 bits per heavy atom. The van der Waals surface area contributed by atoms with E-state index in [9.17, 15) is 14.4 Å². The van der Waals surface area contributed by atoms with Crippen LogP contribution in [0.4, 0.5) is 20.8 Å². The van der Waals surface area contributed by atoms with Gasteiger partial charge in [-0.25, -0.2) is 14.2 Å². The van der Waals surface area contributed by atoms with Crippen LogP contribution in [0.25, 0.3) is 33.1 Å². The molecule has 2 aromatic carbocycles. The summed E-state index contributed by atoms with van der Waals surface area (Å²) in [5.74, 6) is 1.14. The largest absolute Gasteiger partial charge is 0.486 e. The lowest BCUT2D eigenvalue weighted by Gasteiger charge is -2.37. The summed E-state index contributed by atoms with van der Waals surface area (Å²) >= 11 is 12.7. The van der Waals surface area contributed by atoms with Crippen LogP contribution >= 0.6 is 23.2 Å². The first-order chi connectivity index (χ1) is 29.0. The zero-order valence-corrected chi connectivity index (χ0v) is 34.5. The minimum absolute atomic E-state index is 0.0552. The second-order valence-corrected chi connectivity index (χ2v) is 16.3. The number of rotatable bonds is 9. The molecule has 0 radical (unpaired) electrons. The number of aryl methyl sites for hydroxylation is 1. The Morgan fingerprint density at radius 3 is 2.43 bits per heavy atom. The highest BCUT2D eigenvalue weighted by molar-refractivity contribution is 6.35. The number of likely N-dealkylation sites (tertiary alicyclic amines) is 1. The lowest BCUT2D eigenvalue weighted by atomic mass is 9.88. The number of carbonyl (C=O) groups is 3. The molecule has 1 atom stereocenters. The number of nitrogens with one attached hydrogen (secondary N) is 2. The van der Waals surface area contributed by atoms with Gasteiger partial charge in [0.15, 0.2) is 5.82 Å². The minimum Gasteiger partial charge on any atom is -0.486 e. The van der Waals surface area contributed by atoms with Crippen molar-refractivity contribution in [1.82, 2.24) is 45.1 Å². The molecule has 3 aliphatic heterocycles. The highest BCUT2D eigenvalue weighted by Crippen LogP contribution is 2.37. The number of pyridine rings is 2. The molecule has 310 valence electrons. The van der Waals surface area contributed by atoms with Crippen LogP contribution in [0.2, 0.25) is 10.0 Å². The molecule has 15 nitrogen and oxygen atoms in total. The Morgan fingerprint density at radius 1 is 0.950 bits per heavy atom. The summed E-state index contributed by atoms with van der Waals surface area (Å²) in [5.41, 5.74) is 4.44. The van der Waals surface area contributed by atoms with Gasteiger partial charge < -0.3 is 14.5 Å². The number of carbonyl (C=O) groups excluding carboxylic acids is 3. The smallest absolute Gasteiger partial charge is 0.329 e. The van der Waals surface area contributed by atoms with Crippen molar-refractivity contribution in [3.05, 3.63) is 88.0 Å². The molecule has 3 saturated heterocycles. The van der Waals surface area contributed by atoms with Gasteiger partial charge in [-0.15, -0.1) is 0 Å². The van der Waals surface area contributed by atoms with Crippen molar-refractivity contribution in [1.29, 1.82) is 0 Å². The molecule has 3 aliphatic rings. The van der Waals surface area contributed by atoms with Crippen molar-refractivity contribution < 1.29 is 23.5 Å². The number of benzene rings is 2. The fourth-order valence-electron chi connectivity index (χ4n) is 8.49. The average Bonchev–Trinajstić information content (AvgIpc) is 3.80. The molecule has 4 amide bonds. The number of H-pyrrole nitrogens is 1. The van der Waals surface area contributed by atoms with Crippen molar-refractivity contribution in [3.63, 3.8) is 0 Å². The van der Waals surface area contributed by atoms with E-state index in [2.05, 4.69) is 35.4 Å². The Labute approximate surface area is 354 Å². The second kappa shape index (κ2) is 16.3. The Bertz CT molecular complexity index is 2600. The minimum atomic E-state index is -0.563. The predicted molar refractivity (Wildman–Crippen MR) is 226 cm³/mol. The number of aromatic amines is 1. The monoisotopic (exact) mass is 853 g/mol. The van der Waals surface area contributed by atoms with Crippen LogP contribution in [0.3, 0.4) is 0 Å². The molecule has 2 N–H and O–H groups in total. The molecule has 6 aromatic rings. The van der Waals surface area contributed by atoms with Crippen LogP contribution in [-0.2, 0) is 16.6 Å². The third-order valence-electron chi connectivity index (χ3n) is 11.8. The zero-order valence-electron chi connectivity index (χ0n) is 33.0. The maximum Gasteiger partial charge on any atom is 0.329 e. The van der Waals surface area contributed by atoms with E-state index in [1.54, 1.807) is 24.1 Å². The molecular weight excluding hydrogens is 812 g/mol. The van der Waals surface area contributed by atoms with Crippen molar-refractivity contribution in [2.45, 2.75) is 38.2 Å². The molecule has 0 unspecified atom stereocenters. The topological polar surface area (TPSA) is 158 Å². The number of fused-ring (bicyclic) bond motifs is 2. The zero-order chi connectivity index (χ0) is 41.7. The van der Waals surface area contributed by atoms with Crippen LogP contribution in [-0.4, -0.2) is 110 Å². The molecule has 60 heavy (non-hydrogen) atoms. The van der Waals surface area contributed by atoms with Gasteiger partial charge in [-0.05, 0) is 73.7 Å². The van der Waals surface area contributed by atoms with Crippen LogP contribution in [0.1, 0.15) is 49.3 Å². The number of ether oxygens (including phenoxy) is 1. The van der Waals surface area contributed by atoms with E-state index in [-0.39, 0.29) is 36.5 Å². The summed E-state index contributed by atoms with van der Waals surface area (Å²) in [6.45, 7) is 6.40. The van der Waals surface area contributed by atoms with Crippen LogP contribution in [0.15, 0.2) is 61.1 Å². The van der Waals surface area contributed by atoms with Crippen molar-refractivity contribution in [2.24, 2.45) is 7.05 Å². The molecule has 0 saturated carbocycles. The number of aromatic nitrogens is 6. The number of piperazine rings is 1. The van der Waals surface area contributed by atoms with Crippen molar-refractivity contribution in [3.8, 4) is 17.0 Å². The van der Waals surface area contributed by atoms with Gasteiger partial charge in [0.25, 0.3) is 0 Å². The number of anilines is 2. The summed E-state index contributed by atoms with van der Waals surface area (Å²) in [7, 11) is 1.76. The summed E-state index contributed by atoms with van der Waals surface area (Å²) in [5, 5.41) is 16.8. The van der Waals surface area contributed by atoms with Gasteiger partial charge in [-0.1, -0.05) is 23.2 Å². The lowest BCUT2D eigenvalue weighted by Crippen LogP contribution is -2.51. The molecule has 9 rings (SSSR count). The standard InChI is InChI=1S/C42H42Cl2FN11O4/c1-24(39-31(43)21-46-22-32(39)44)60-27-4-5-34-29(17-27)40(50-49-34)26-3-6-36(47-20-26)54-15-13-53(14-16-54)23-38(58)55-10-7-25(8-11-55)28-19-35-30(18-33(28)45)41(51-52(35)2)56-12-9-37(57)48-42(56)59/h3-6,17-22,24-25H,7-16,23H2,1-2H3,(H,49,50)(H,48,57,59)/t24-/m1/s1. The number of hydrogen-bond donors (Lipinski definition) is 2. The molecule has 7 heterocycles. The quantitative estimate of drug-likeness (QED) is 0.165. The number of piperidine rings is 1. The Hall–Kier alpha value is -5.84. The van der Waals surface area contributed by atoms with E-state index >= 15 is 4.39 Å². The van der Waals surface area contributed by atoms with Crippen molar-refractivity contribution >= 4 is 74.5 Å². The van der Waals surface area contributed by atoms with Gasteiger partial charge in [0, 0.05) is 99.8 Å². The van der Waals surface area contributed by atoms with Gasteiger partial charge in [0.1, 0.15) is 29.2 Å². The highest BCUT2D eigenvalue weighted by Gasteiger charge is 2.31. The number of hydrogen-bond acceptors (Lipinski definition) is 10. The Balaban J connectivity index is 0.775. The van der Waals surface area contributed by atoms with Crippen molar-refractivity contribution in [2.75, 3.05) is 62.2 Å². The van der Waals surface area contributed by atoms with Gasteiger partial charge in [-0.3, -0.25) is 39.5 Å². The third-order valence-corrected chi connectivity index (χ3v) is 12.4. The molecule has 0 aliphatic carbocycles. The summed E-state index contributed by atoms with van der Waals surface area (Å²) in [4.78, 5) is 54.1. The van der Waals surface area contributed by atoms with Gasteiger partial charge in [0.2, 0.25) is 11.8 Å². The molecule has 0 bridgehead atoms. The maximum atomic E-state index is 15.7. The number of imide groups is 1. The lowest BCUT2D eigenvalue weighted by molar-refractivity contribution is -0.133. The Kier molecular flexibility index (Phi) is 10.8. The molecule has 3 fully saturated rings. The number of amides is 4. The third kappa shape index (κ3) is 7.70. The van der Waals surface area contributed by atoms with Crippen LogP contribution < -0.4 is 19.9 Å². The first-order valence-corrected chi connectivity index (χ1v) is 20.7. The van der Waals surface area contributed by atoms with E-state index < -0.39 is 12.1 Å². The average molecular weight is 855 g/mol. The molecular formula is C42H42Cl2FN11O4. The second-order valence-electron chi connectivity index (χ2n) is 15.5. The fraction of sp³-hybridized carbons (Fsp3) is 0.357. The summed E-state index contributed by atoms with van der Waals surface area (Å²) in [6, 6.07) is 12.4. The maximum absolute atomic E-state index is 15.7. The van der Waals surface area contributed by atoms with E-state index in [4.69, 9.17) is 32.9 Å². The summed E-state index contributed by atoms with van der Waals surface area (Å²) < 4.78 is 23.5. The number of nitrogens with zero attached hydrogens (tertiary/aromatic N) is 9. The summed E-state index contributed by atoms with van der Waals surface area (Å²) in [6.07, 6.45) is 5.95. The van der Waals surface area contributed by atoms with Gasteiger partial charge in [0.05, 0.1) is 27.6 Å². The van der Waals surface area contributed by atoms with E-state index in [1.807, 2.05) is 54.4 Å². The van der Waals surface area contributed by atoms with Gasteiger partial charge >= 0.3 is 6.03 Å². The fourth-order valence-corrected chi connectivity index (χ4v) is 9.16. The SMILES string of the molecule is C[C@@H](Oc1ccc2[nH]nc(-c3ccc(N4CCN(CC(=O)N5CCC(c6cc7c(cc6F)c(N6CCC(=O)NC6=O)nn7C)CC5)CC4)nc3)c2c1)c1c(Cl)cncc1Cl. The van der Waals surface area contributed by atoms with E-state index in [0.29, 0.717) is 76.1 Å². The number of urea groups is 1. The van der Waals surface area contributed by atoms with E-state index in [1.165, 1.54) is 11.0 Å². The first kappa shape index (κ1) is 39.6. The molecule has 4 aromatic heterocycles. The van der Waals surface area contributed by atoms with Crippen LogP contribution in [0, 0.1) is 5.82 Å². The number of halogens is 3. The van der Waals surface area contributed by atoms with Gasteiger partial charge in [-0.2, -0.15) is 10.2 Å². The highest BCUT2D eigenvalue weighted by atomic mass is 35.5.